The monoisotopic (exact) mass is 498 g/mol. The molecular weight excluding hydrogens is 471 g/mol. The second-order valence-corrected chi connectivity index (χ2v) is 10.4. The lowest BCUT2D eigenvalue weighted by molar-refractivity contribution is -0.139. The summed E-state index contributed by atoms with van der Waals surface area (Å²) in [5, 5.41) is 13.4. The van der Waals surface area contributed by atoms with Crippen molar-refractivity contribution in [3.63, 3.8) is 0 Å². The van der Waals surface area contributed by atoms with E-state index in [-0.39, 0.29) is 22.2 Å². The van der Waals surface area contributed by atoms with E-state index in [2.05, 4.69) is 10.0 Å². The van der Waals surface area contributed by atoms with Crippen LogP contribution < -0.4 is 10.0 Å². The minimum atomic E-state index is -4.30. The van der Waals surface area contributed by atoms with E-state index in [0.29, 0.717) is 36.6 Å². The largest absolute Gasteiger partial charge is 0.480 e. The zero-order valence-corrected chi connectivity index (χ0v) is 20.3. The Morgan fingerprint density at radius 1 is 1.21 bits per heavy atom. The first-order chi connectivity index (χ1) is 15.5. The van der Waals surface area contributed by atoms with Crippen LogP contribution in [0.15, 0.2) is 35.2 Å². The van der Waals surface area contributed by atoms with Crippen molar-refractivity contribution in [2.45, 2.75) is 56.5 Å². The van der Waals surface area contributed by atoms with Crippen LogP contribution in [0.5, 0.6) is 0 Å². The molecule has 1 fully saturated rings. The van der Waals surface area contributed by atoms with Crippen LogP contribution in [0.3, 0.4) is 0 Å². The molecule has 180 valence electrons. The van der Waals surface area contributed by atoms with Crippen molar-refractivity contribution in [3.05, 3.63) is 57.9 Å². The highest BCUT2D eigenvalue weighted by Crippen LogP contribution is 2.31. The Morgan fingerprint density at radius 3 is 2.52 bits per heavy atom. The highest BCUT2D eigenvalue weighted by atomic mass is 35.5. The van der Waals surface area contributed by atoms with Gasteiger partial charge in [-0.25, -0.2) is 12.8 Å². The maximum absolute atomic E-state index is 14.6. The summed E-state index contributed by atoms with van der Waals surface area (Å²) in [6.07, 6.45) is 1.39. The average Bonchev–Trinajstić information content (AvgIpc) is 2.75. The third kappa shape index (κ3) is 5.84. The van der Waals surface area contributed by atoms with Crippen LogP contribution in [-0.4, -0.2) is 44.8 Å². The molecule has 1 heterocycles. The highest BCUT2D eigenvalue weighted by Gasteiger charge is 2.34. The van der Waals surface area contributed by atoms with Crippen molar-refractivity contribution in [1.29, 1.82) is 0 Å². The van der Waals surface area contributed by atoms with Gasteiger partial charge in [0.1, 0.15) is 16.8 Å². The number of hydrogen-bond acceptors (Lipinski definition) is 5. The number of anilines is 1. The molecule has 0 saturated carbocycles. The number of carboxylic acid groups (broad SMARTS) is 1. The standard InChI is InChI=1S/C23H28ClFN2O5S/c1-13-4-6-18(25)21(14(13)2)15(3)22(23(28)29)27-33(30,31)20-7-5-16(24)12-19(20)26-17-8-10-32-11-9-17/h4-7,12,15,17,22,26-27H,8-11H2,1-3H3,(H,28,29)/t15-,22+/m1/s1. The van der Waals surface area contributed by atoms with Crippen LogP contribution in [0, 0.1) is 19.7 Å². The number of aryl methyl sites for hydroxylation is 1. The Kier molecular flexibility index (Phi) is 8.00. The predicted octanol–water partition coefficient (Wildman–Crippen LogP) is 4.22. The number of ether oxygens (including phenoxy) is 1. The van der Waals surface area contributed by atoms with E-state index in [1.807, 2.05) is 0 Å². The van der Waals surface area contributed by atoms with E-state index >= 15 is 0 Å². The molecule has 1 aliphatic rings. The van der Waals surface area contributed by atoms with E-state index in [4.69, 9.17) is 16.3 Å². The minimum Gasteiger partial charge on any atom is -0.480 e. The summed E-state index contributed by atoms with van der Waals surface area (Å²) in [5.41, 5.74) is 1.81. The third-order valence-electron chi connectivity index (χ3n) is 6.05. The second-order valence-electron chi connectivity index (χ2n) is 8.30. The van der Waals surface area contributed by atoms with Crippen molar-refractivity contribution >= 4 is 33.3 Å². The Balaban J connectivity index is 1.95. The number of nitrogens with one attached hydrogen (secondary N) is 2. The molecule has 0 unspecified atom stereocenters. The van der Waals surface area contributed by atoms with Gasteiger partial charge in [-0.3, -0.25) is 4.79 Å². The first-order valence-corrected chi connectivity index (χ1v) is 12.5. The van der Waals surface area contributed by atoms with Gasteiger partial charge in [-0.1, -0.05) is 24.6 Å². The van der Waals surface area contributed by atoms with Crippen molar-refractivity contribution in [1.82, 2.24) is 4.72 Å². The maximum atomic E-state index is 14.6. The molecule has 2 aromatic rings. The van der Waals surface area contributed by atoms with Crippen LogP contribution in [-0.2, 0) is 19.6 Å². The molecule has 0 amide bonds. The Labute approximate surface area is 198 Å². The number of carbonyl (C=O) groups is 1. The molecule has 0 aliphatic carbocycles. The number of rotatable bonds is 8. The molecule has 0 spiro atoms. The quantitative estimate of drug-likeness (QED) is 0.503. The van der Waals surface area contributed by atoms with Crippen molar-refractivity contribution < 1.29 is 27.4 Å². The second kappa shape index (κ2) is 10.4. The number of sulfonamides is 1. The van der Waals surface area contributed by atoms with Gasteiger partial charge in [-0.15, -0.1) is 0 Å². The number of benzene rings is 2. The molecule has 7 nitrogen and oxygen atoms in total. The highest BCUT2D eigenvalue weighted by molar-refractivity contribution is 7.89. The lowest BCUT2D eigenvalue weighted by atomic mass is 9.88. The van der Waals surface area contributed by atoms with Gasteiger partial charge < -0.3 is 15.2 Å². The van der Waals surface area contributed by atoms with E-state index in [1.54, 1.807) is 19.9 Å². The van der Waals surface area contributed by atoms with Gasteiger partial charge in [-0.2, -0.15) is 4.72 Å². The first-order valence-electron chi connectivity index (χ1n) is 10.7. The zero-order chi connectivity index (χ0) is 24.3. The summed E-state index contributed by atoms with van der Waals surface area (Å²) in [6.45, 7) is 6.08. The summed E-state index contributed by atoms with van der Waals surface area (Å²) >= 11 is 6.11. The average molecular weight is 499 g/mol. The van der Waals surface area contributed by atoms with E-state index in [1.165, 1.54) is 31.2 Å². The van der Waals surface area contributed by atoms with Gasteiger partial charge in [0.2, 0.25) is 10.0 Å². The molecule has 1 aliphatic heterocycles. The van der Waals surface area contributed by atoms with Crippen LogP contribution in [0.1, 0.15) is 42.4 Å². The number of hydrogen-bond donors (Lipinski definition) is 3. The Hall–Kier alpha value is -2.20. The summed E-state index contributed by atoms with van der Waals surface area (Å²) in [4.78, 5) is 12.0. The van der Waals surface area contributed by atoms with Crippen molar-refractivity contribution in [2.75, 3.05) is 18.5 Å². The molecule has 0 radical (unpaired) electrons. The molecule has 1 saturated heterocycles. The van der Waals surface area contributed by atoms with Gasteiger partial charge in [0.15, 0.2) is 0 Å². The number of carboxylic acids is 1. The van der Waals surface area contributed by atoms with Gasteiger partial charge in [0.05, 0.1) is 5.69 Å². The summed E-state index contributed by atoms with van der Waals surface area (Å²) in [7, 11) is -4.30. The molecule has 0 aromatic heterocycles. The van der Waals surface area contributed by atoms with Crippen LogP contribution in [0.25, 0.3) is 0 Å². The third-order valence-corrected chi connectivity index (χ3v) is 7.78. The van der Waals surface area contributed by atoms with Gasteiger partial charge in [0.25, 0.3) is 0 Å². The predicted molar refractivity (Wildman–Crippen MR) is 125 cm³/mol. The van der Waals surface area contributed by atoms with Crippen molar-refractivity contribution in [3.8, 4) is 0 Å². The Morgan fingerprint density at radius 2 is 1.88 bits per heavy atom. The normalized spacial score (nSPS) is 16.9. The number of halogens is 2. The maximum Gasteiger partial charge on any atom is 0.322 e. The SMILES string of the molecule is Cc1ccc(F)c([C@@H](C)[C@H](NS(=O)(=O)c2ccc(Cl)cc2NC2CCOCC2)C(=O)O)c1C. The van der Waals surface area contributed by atoms with E-state index in [0.717, 1.165) is 5.56 Å². The lowest BCUT2D eigenvalue weighted by Crippen LogP contribution is -2.44. The van der Waals surface area contributed by atoms with Crippen molar-refractivity contribution in [2.24, 2.45) is 0 Å². The smallest absolute Gasteiger partial charge is 0.322 e. The van der Waals surface area contributed by atoms with Gasteiger partial charge >= 0.3 is 5.97 Å². The zero-order valence-electron chi connectivity index (χ0n) is 18.7. The lowest BCUT2D eigenvalue weighted by Gasteiger charge is -2.27. The van der Waals surface area contributed by atoms with Gasteiger partial charge in [0, 0.05) is 30.2 Å². The van der Waals surface area contributed by atoms with Gasteiger partial charge in [-0.05, 0) is 67.6 Å². The summed E-state index contributed by atoms with van der Waals surface area (Å²) in [5.74, 6) is -2.94. The molecule has 33 heavy (non-hydrogen) atoms. The molecule has 10 heteroatoms. The molecule has 3 N–H and O–H groups in total. The molecular formula is C23H28ClFN2O5S. The summed E-state index contributed by atoms with van der Waals surface area (Å²) < 4.78 is 48.9. The Bertz CT molecular complexity index is 1140. The fraction of sp³-hybridized carbons (Fsp3) is 0.435. The van der Waals surface area contributed by atoms with Crippen LogP contribution in [0.2, 0.25) is 5.02 Å². The molecule has 2 aromatic carbocycles. The van der Waals surface area contributed by atoms with Crippen LogP contribution >= 0.6 is 11.6 Å². The fourth-order valence-electron chi connectivity index (χ4n) is 4.04. The first kappa shape index (κ1) is 25.4. The topological polar surface area (TPSA) is 105 Å². The molecule has 2 atom stereocenters. The number of aliphatic carboxylic acids is 1. The summed E-state index contributed by atoms with van der Waals surface area (Å²) in [6, 6.07) is 5.51. The minimum absolute atomic E-state index is 0.00981. The molecule has 3 rings (SSSR count). The van der Waals surface area contributed by atoms with E-state index in [9.17, 15) is 22.7 Å². The van der Waals surface area contributed by atoms with E-state index < -0.39 is 33.8 Å². The van der Waals surface area contributed by atoms with Crippen LogP contribution in [0.4, 0.5) is 10.1 Å². The fourth-order valence-corrected chi connectivity index (χ4v) is 5.63. The molecule has 0 bridgehead atoms.